The molecule has 0 unspecified atom stereocenters. The number of anilines is 1. The number of benzene rings is 2. The van der Waals surface area contributed by atoms with E-state index in [-0.39, 0.29) is 17.2 Å². The molecule has 160 valence electrons. The van der Waals surface area contributed by atoms with E-state index in [1.165, 1.54) is 22.5 Å². The Balaban J connectivity index is 1.56. The maximum absolute atomic E-state index is 12.4. The minimum Gasteiger partial charge on any atom is -0.385 e. The second kappa shape index (κ2) is 9.67. The highest BCUT2D eigenvalue weighted by Gasteiger charge is 2.34. The van der Waals surface area contributed by atoms with Crippen LogP contribution in [0, 0.1) is 0 Å². The number of carbonyl (C=O) groups excluding carboxylic acids is 2. The Labute approximate surface area is 183 Å². The number of unbranched alkanes of at least 4 members (excludes halogenated alkanes) is 1. The van der Waals surface area contributed by atoms with Crippen LogP contribution in [-0.4, -0.2) is 36.9 Å². The van der Waals surface area contributed by atoms with Gasteiger partial charge in [-0.2, -0.15) is 0 Å². The summed E-state index contributed by atoms with van der Waals surface area (Å²) in [4.78, 5) is 27.3. The molecule has 0 aromatic heterocycles. The zero-order valence-corrected chi connectivity index (χ0v) is 19.0. The fourth-order valence-corrected chi connectivity index (χ4v) is 4.12. The van der Waals surface area contributed by atoms with E-state index in [2.05, 4.69) is 44.3 Å². The number of rotatable bonds is 10. The van der Waals surface area contributed by atoms with Crippen LogP contribution in [-0.2, 0) is 9.60 Å². The third kappa shape index (κ3) is 4.71. The number of carbonyl (C=O) groups is 2. The molecule has 0 saturated heterocycles. The average Bonchev–Trinajstić information content (AvgIpc) is 2.99. The predicted molar refractivity (Wildman–Crippen MR) is 122 cm³/mol. The molecule has 30 heavy (non-hydrogen) atoms. The zero-order valence-electron chi connectivity index (χ0n) is 18.2. The Morgan fingerprint density at radius 3 is 2.30 bits per heavy atom. The first-order valence-corrected chi connectivity index (χ1v) is 11.2. The van der Waals surface area contributed by atoms with E-state index in [0.717, 1.165) is 36.4 Å². The lowest BCUT2D eigenvalue weighted by Crippen LogP contribution is -2.31. The molecule has 5 nitrogen and oxygen atoms in total. The van der Waals surface area contributed by atoms with Crippen molar-refractivity contribution in [2.75, 3.05) is 25.5 Å². The Hall–Kier alpha value is -2.31. The van der Waals surface area contributed by atoms with Gasteiger partial charge in [0.2, 0.25) is 0 Å². The summed E-state index contributed by atoms with van der Waals surface area (Å²) in [7, 11) is 1.68. The van der Waals surface area contributed by atoms with Crippen molar-refractivity contribution < 1.29 is 13.8 Å². The highest BCUT2D eigenvalue weighted by molar-refractivity contribution is 7.94. The van der Waals surface area contributed by atoms with Crippen molar-refractivity contribution in [1.29, 1.82) is 0 Å². The van der Waals surface area contributed by atoms with E-state index in [1.54, 1.807) is 31.4 Å². The number of nitrogens with zero attached hydrogens (tertiary/aromatic N) is 1. The van der Waals surface area contributed by atoms with Gasteiger partial charge in [-0.25, -0.2) is 0 Å². The summed E-state index contributed by atoms with van der Waals surface area (Å²) in [5.41, 5.74) is 3.48. The van der Waals surface area contributed by atoms with Crippen LogP contribution in [0.4, 0.5) is 5.69 Å². The first kappa shape index (κ1) is 22.4. The first-order chi connectivity index (χ1) is 14.4. The number of amides is 2. The van der Waals surface area contributed by atoms with E-state index >= 15 is 0 Å². The number of nitrogens with one attached hydrogen (secondary N) is 1. The van der Waals surface area contributed by atoms with Crippen LogP contribution in [0.15, 0.2) is 47.4 Å². The van der Waals surface area contributed by atoms with E-state index < -0.39 is 0 Å². The van der Waals surface area contributed by atoms with Crippen LogP contribution in [0.3, 0.4) is 0 Å². The van der Waals surface area contributed by atoms with Crippen LogP contribution < -0.4 is 5.32 Å². The molecule has 1 aliphatic heterocycles. The molecule has 1 aliphatic rings. The number of hydrogen-bond donors (Lipinski definition) is 1. The molecule has 6 heteroatoms. The van der Waals surface area contributed by atoms with Gasteiger partial charge in [0.25, 0.3) is 11.8 Å². The fraction of sp³-hybridized carbons (Fsp3) is 0.417. The molecule has 0 atom stereocenters. The maximum atomic E-state index is 12.4. The molecule has 2 amide bonds. The van der Waals surface area contributed by atoms with Gasteiger partial charge in [-0.3, -0.25) is 14.5 Å². The lowest BCUT2D eigenvalue weighted by atomic mass is 9.81. The molecular formula is C24H30N2O3S. The molecule has 0 spiro atoms. The maximum Gasteiger partial charge on any atom is 0.261 e. The standard InChI is InChI=1S/C24H30N2O3S/c1-5-24(2,3)20-16-17(30-29-4)12-13-21(20)25-14-8-9-15-26-22(27)18-10-6-7-11-19(18)23(26)28/h6-7,10-13,16,25H,5,8-9,14-15H2,1-4H3. The van der Waals surface area contributed by atoms with Crippen LogP contribution in [0.1, 0.15) is 66.3 Å². The van der Waals surface area contributed by atoms with Crippen molar-refractivity contribution in [3.63, 3.8) is 0 Å². The van der Waals surface area contributed by atoms with Gasteiger partial charge >= 0.3 is 0 Å². The highest BCUT2D eigenvalue weighted by atomic mass is 32.2. The molecule has 2 aromatic carbocycles. The smallest absolute Gasteiger partial charge is 0.261 e. The van der Waals surface area contributed by atoms with Crippen molar-refractivity contribution in [3.05, 3.63) is 59.2 Å². The van der Waals surface area contributed by atoms with Gasteiger partial charge in [-0.05, 0) is 60.6 Å². The monoisotopic (exact) mass is 426 g/mol. The number of imide groups is 1. The predicted octanol–water partition coefficient (Wildman–Crippen LogP) is 5.52. The molecule has 3 rings (SSSR count). The summed E-state index contributed by atoms with van der Waals surface area (Å²) in [6, 6.07) is 13.4. The molecule has 0 saturated carbocycles. The molecule has 2 aromatic rings. The minimum atomic E-state index is -0.179. The summed E-state index contributed by atoms with van der Waals surface area (Å²) in [5.74, 6) is -0.358. The normalized spacial score (nSPS) is 13.7. The Morgan fingerprint density at radius 2 is 1.70 bits per heavy atom. The second-order valence-corrected chi connectivity index (χ2v) is 9.11. The van der Waals surface area contributed by atoms with Gasteiger partial charge < -0.3 is 9.50 Å². The van der Waals surface area contributed by atoms with Crippen molar-refractivity contribution in [2.24, 2.45) is 0 Å². The minimum absolute atomic E-state index is 0.0484. The summed E-state index contributed by atoms with van der Waals surface area (Å²) in [5, 5.41) is 3.55. The highest BCUT2D eigenvalue weighted by Crippen LogP contribution is 2.36. The number of hydrogen-bond acceptors (Lipinski definition) is 5. The van der Waals surface area contributed by atoms with E-state index in [4.69, 9.17) is 4.18 Å². The van der Waals surface area contributed by atoms with Gasteiger partial charge in [-0.15, -0.1) is 0 Å². The molecule has 0 fully saturated rings. The van der Waals surface area contributed by atoms with Crippen molar-refractivity contribution in [3.8, 4) is 0 Å². The third-order valence-corrected chi connectivity index (χ3v) is 6.40. The quantitative estimate of drug-likeness (QED) is 0.308. The average molecular weight is 427 g/mol. The molecule has 0 aliphatic carbocycles. The molecule has 1 heterocycles. The van der Waals surface area contributed by atoms with Gasteiger partial charge in [-0.1, -0.05) is 32.9 Å². The first-order valence-electron chi connectivity index (χ1n) is 10.4. The van der Waals surface area contributed by atoms with Gasteiger partial charge in [0.1, 0.15) is 0 Å². The lowest BCUT2D eigenvalue weighted by molar-refractivity contribution is 0.0652. The summed E-state index contributed by atoms with van der Waals surface area (Å²) in [6.07, 6.45) is 2.67. The summed E-state index contributed by atoms with van der Waals surface area (Å²) in [6.45, 7) is 7.92. The largest absolute Gasteiger partial charge is 0.385 e. The van der Waals surface area contributed by atoms with Crippen LogP contribution in [0.5, 0.6) is 0 Å². The van der Waals surface area contributed by atoms with E-state index in [1.807, 2.05) is 0 Å². The van der Waals surface area contributed by atoms with Gasteiger partial charge in [0.05, 0.1) is 18.2 Å². The van der Waals surface area contributed by atoms with Crippen molar-refractivity contribution >= 4 is 29.5 Å². The molecule has 0 bridgehead atoms. The Kier molecular flexibility index (Phi) is 7.21. The van der Waals surface area contributed by atoms with Crippen molar-refractivity contribution in [2.45, 2.75) is 50.3 Å². The van der Waals surface area contributed by atoms with Crippen molar-refractivity contribution in [1.82, 2.24) is 4.90 Å². The fourth-order valence-electron chi connectivity index (χ4n) is 3.64. The third-order valence-electron chi connectivity index (χ3n) is 5.79. The zero-order chi connectivity index (χ0) is 21.7. The second-order valence-electron chi connectivity index (χ2n) is 8.14. The van der Waals surface area contributed by atoms with E-state index in [9.17, 15) is 9.59 Å². The van der Waals surface area contributed by atoms with Gasteiger partial charge in [0.15, 0.2) is 0 Å². The Morgan fingerprint density at radius 1 is 1.03 bits per heavy atom. The van der Waals surface area contributed by atoms with Crippen LogP contribution >= 0.6 is 12.0 Å². The molecule has 1 N–H and O–H groups in total. The summed E-state index contributed by atoms with van der Waals surface area (Å²) >= 11 is 1.37. The van der Waals surface area contributed by atoms with Crippen LogP contribution in [0.25, 0.3) is 0 Å². The summed E-state index contributed by atoms with van der Waals surface area (Å²) < 4.78 is 5.21. The lowest BCUT2D eigenvalue weighted by Gasteiger charge is -2.27. The SMILES string of the molecule is CCC(C)(C)c1cc(SOC)ccc1NCCCCN1C(=O)c2ccccc2C1=O. The van der Waals surface area contributed by atoms with E-state index in [0.29, 0.717) is 17.7 Å². The molecular weight excluding hydrogens is 396 g/mol. The Bertz CT molecular complexity index is 891. The van der Waals surface area contributed by atoms with Crippen LogP contribution in [0.2, 0.25) is 0 Å². The number of fused-ring (bicyclic) bond motifs is 1. The topological polar surface area (TPSA) is 58.6 Å². The molecule has 0 radical (unpaired) electrons. The van der Waals surface area contributed by atoms with Gasteiger partial charge in [0, 0.05) is 35.7 Å².